The van der Waals surface area contributed by atoms with Crippen LogP contribution in [0.2, 0.25) is 5.02 Å². The largest absolute Gasteiger partial charge is 0.489 e. The number of nitrogens with zero attached hydrogens (tertiary/aromatic N) is 2. The van der Waals surface area contributed by atoms with E-state index in [1.807, 2.05) is 79.7 Å². The molecule has 0 aliphatic carbocycles. The van der Waals surface area contributed by atoms with E-state index in [4.69, 9.17) is 20.8 Å². The van der Waals surface area contributed by atoms with Crippen LogP contribution >= 0.6 is 23.4 Å². The highest BCUT2D eigenvalue weighted by molar-refractivity contribution is 7.98. The van der Waals surface area contributed by atoms with Gasteiger partial charge in [-0.3, -0.25) is 0 Å². The SMILES string of the molecule is Cc1ccccc1OCc1ccccc1-c1nnc(SCc2ccc(Cl)cc2)o1. The first kappa shape index (κ1) is 19.6. The molecule has 0 fully saturated rings. The summed E-state index contributed by atoms with van der Waals surface area (Å²) in [6, 6.07) is 23.6. The number of hydrogen-bond acceptors (Lipinski definition) is 5. The Labute approximate surface area is 178 Å². The van der Waals surface area contributed by atoms with Crippen molar-refractivity contribution in [3.63, 3.8) is 0 Å². The van der Waals surface area contributed by atoms with Gasteiger partial charge in [-0.05, 0) is 42.3 Å². The van der Waals surface area contributed by atoms with Crippen molar-refractivity contribution in [2.75, 3.05) is 0 Å². The number of hydrogen-bond donors (Lipinski definition) is 0. The summed E-state index contributed by atoms with van der Waals surface area (Å²) in [4.78, 5) is 0. The van der Waals surface area contributed by atoms with Gasteiger partial charge in [0.05, 0.1) is 0 Å². The van der Waals surface area contributed by atoms with E-state index in [2.05, 4.69) is 10.2 Å². The lowest BCUT2D eigenvalue weighted by molar-refractivity contribution is 0.304. The molecule has 0 saturated heterocycles. The molecule has 0 amide bonds. The summed E-state index contributed by atoms with van der Waals surface area (Å²) < 4.78 is 11.9. The highest BCUT2D eigenvalue weighted by Gasteiger charge is 2.14. The lowest BCUT2D eigenvalue weighted by atomic mass is 10.1. The third-order valence-corrected chi connectivity index (χ3v) is 5.55. The van der Waals surface area contributed by atoms with Crippen molar-refractivity contribution in [1.82, 2.24) is 10.2 Å². The zero-order valence-corrected chi connectivity index (χ0v) is 17.4. The normalized spacial score (nSPS) is 10.8. The Morgan fingerprint density at radius 2 is 1.69 bits per heavy atom. The molecule has 6 heteroatoms. The molecule has 0 N–H and O–H groups in total. The summed E-state index contributed by atoms with van der Waals surface area (Å²) in [6.07, 6.45) is 0. The fourth-order valence-corrected chi connectivity index (χ4v) is 3.68. The maximum Gasteiger partial charge on any atom is 0.277 e. The van der Waals surface area contributed by atoms with Crippen LogP contribution in [0.4, 0.5) is 0 Å². The molecule has 0 saturated carbocycles. The average molecular weight is 423 g/mol. The van der Waals surface area contributed by atoms with Crippen molar-refractivity contribution < 1.29 is 9.15 Å². The monoisotopic (exact) mass is 422 g/mol. The molecule has 4 rings (SSSR count). The van der Waals surface area contributed by atoms with Crippen LogP contribution in [0.5, 0.6) is 5.75 Å². The van der Waals surface area contributed by atoms with Gasteiger partial charge in [-0.1, -0.05) is 71.9 Å². The highest BCUT2D eigenvalue weighted by atomic mass is 35.5. The predicted molar refractivity (Wildman–Crippen MR) is 116 cm³/mol. The molecule has 0 spiro atoms. The van der Waals surface area contributed by atoms with Crippen LogP contribution in [0.15, 0.2) is 82.4 Å². The number of thioether (sulfide) groups is 1. The standard InChI is InChI=1S/C23H19ClN2O2S/c1-16-6-2-5-9-21(16)27-14-18-7-3-4-8-20(18)22-25-26-23(28-22)29-15-17-10-12-19(24)13-11-17/h2-13H,14-15H2,1H3. The Morgan fingerprint density at radius 3 is 2.52 bits per heavy atom. The molecule has 0 radical (unpaired) electrons. The van der Waals surface area contributed by atoms with Gasteiger partial charge in [-0.25, -0.2) is 0 Å². The summed E-state index contributed by atoms with van der Waals surface area (Å²) in [5, 5.41) is 9.67. The van der Waals surface area contributed by atoms with Gasteiger partial charge in [-0.15, -0.1) is 10.2 Å². The molecule has 0 bridgehead atoms. The van der Waals surface area contributed by atoms with Crippen LogP contribution in [-0.2, 0) is 12.4 Å². The third kappa shape index (κ3) is 5.00. The van der Waals surface area contributed by atoms with Crippen LogP contribution < -0.4 is 4.74 Å². The second kappa shape index (κ2) is 9.16. The van der Waals surface area contributed by atoms with E-state index < -0.39 is 0 Å². The van der Waals surface area contributed by atoms with Crippen LogP contribution in [-0.4, -0.2) is 10.2 Å². The maximum atomic E-state index is 6.00. The van der Waals surface area contributed by atoms with Crippen molar-refractivity contribution in [2.45, 2.75) is 24.5 Å². The third-order valence-electron chi connectivity index (χ3n) is 4.41. The first-order chi connectivity index (χ1) is 14.2. The lowest BCUT2D eigenvalue weighted by Crippen LogP contribution is -1.99. The van der Waals surface area contributed by atoms with Gasteiger partial charge >= 0.3 is 0 Å². The van der Waals surface area contributed by atoms with Gasteiger partial charge in [0.1, 0.15) is 12.4 Å². The maximum absolute atomic E-state index is 6.00. The van der Waals surface area contributed by atoms with Gasteiger partial charge in [-0.2, -0.15) is 0 Å². The van der Waals surface area contributed by atoms with Gasteiger partial charge in [0.25, 0.3) is 5.22 Å². The van der Waals surface area contributed by atoms with Crippen LogP contribution in [0.1, 0.15) is 16.7 Å². The zero-order valence-electron chi connectivity index (χ0n) is 15.8. The predicted octanol–water partition coefficient (Wildman–Crippen LogP) is 6.57. The fraction of sp³-hybridized carbons (Fsp3) is 0.130. The summed E-state index contributed by atoms with van der Waals surface area (Å²) in [5.41, 5.74) is 4.12. The fourth-order valence-electron chi connectivity index (χ4n) is 2.83. The number of benzene rings is 3. The molecular formula is C23H19ClN2O2S. The Kier molecular flexibility index (Phi) is 6.17. The van der Waals surface area contributed by atoms with Gasteiger partial charge in [0.15, 0.2) is 0 Å². The van der Waals surface area contributed by atoms with Crippen molar-refractivity contribution in [2.24, 2.45) is 0 Å². The van der Waals surface area contributed by atoms with E-state index in [1.54, 1.807) is 0 Å². The number of rotatable bonds is 7. The molecule has 0 atom stereocenters. The van der Waals surface area contributed by atoms with Gasteiger partial charge < -0.3 is 9.15 Å². The Bertz CT molecular complexity index is 1100. The minimum atomic E-state index is 0.427. The zero-order chi connectivity index (χ0) is 20.1. The van der Waals surface area contributed by atoms with Crippen molar-refractivity contribution in [3.8, 4) is 17.2 Å². The topological polar surface area (TPSA) is 48.2 Å². The molecule has 1 aromatic heterocycles. The second-order valence-electron chi connectivity index (χ2n) is 6.50. The van der Waals surface area contributed by atoms with E-state index in [-0.39, 0.29) is 0 Å². The summed E-state index contributed by atoms with van der Waals surface area (Å²) >= 11 is 7.43. The van der Waals surface area contributed by atoms with Crippen molar-refractivity contribution in [3.05, 3.63) is 94.5 Å². The van der Waals surface area contributed by atoms with Crippen molar-refractivity contribution in [1.29, 1.82) is 0 Å². The van der Waals surface area contributed by atoms with E-state index in [0.717, 1.165) is 38.8 Å². The van der Waals surface area contributed by atoms with Gasteiger partial charge in [0.2, 0.25) is 5.89 Å². The molecular weight excluding hydrogens is 404 g/mol. The Hall–Kier alpha value is -2.76. The first-order valence-electron chi connectivity index (χ1n) is 9.16. The minimum Gasteiger partial charge on any atom is -0.489 e. The number of halogens is 1. The Balaban J connectivity index is 1.46. The van der Waals surface area contributed by atoms with Gasteiger partial charge in [0, 0.05) is 21.9 Å². The van der Waals surface area contributed by atoms with E-state index in [0.29, 0.717) is 17.7 Å². The van der Waals surface area contributed by atoms with E-state index in [1.165, 1.54) is 11.8 Å². The number of aromatic nitrogens is 2. The molecule has 0 unspecified atom stereocenters. The van der Waals surface area contributed by atoms with Crippen LogP contribution in [0.3, 0.4) is 0 Å². The molecule has 1 heterocycles. The number of ether oxygens (including phenoxy) is 1. The number of para-hydroxylation sites is 1. The second-order valence-corrected chi connectivity index (χ2v) is 7.86. The highest BCUT2D eigenvalue weighted by Crippen LogP contribution is 2.29. The molecule has 29 heavy (non-hydrogen) atoms. The molecule has 3 aromatic carbocycles. The lowest BCUT2D eigenvalue weighted by Gasteiger charge is -2.10. The summed E-state index contributed by atoms with van der Waals surface area (Å²) in [5.74, 6) is 2.09. The van der Waals surface area contributed by atoms with E-state index in [9.17, 15) is 0 Å². The number of aryl methyl sites for hydroxylation is 1. The molecule has 4 nitrogen and oxygen atoms in total. The molecule has 4 aromatic rings. The van der Waals surface area contributed by atoms with Crippen molar-refractivity contribution >= 4 is 23.4 Å². The molecule has 146 valence electrons. The average Bonchev–Trinajstić information content (AvgIpc) is 3.22. The molecule has 0 aliphatic rings. The quantitative estimate of drug-likeness (QED) is 0.315. The van der Waals surface area contributed by atoms with Crippen LogP contribution in [0, 0.1) is 6.92 Å². The minimum absolute atomic E-state index is 0.427. The first-order valence-corrected chi connectivity index (χ1v) is 10.5. The van der Waals surface area contributed by atoms with E-state index >= 15 is 0 Å². The van der Waals surface area contributed by atoms with Crippen LogP contribution in [0.25, 0.3) is 11.5 Å². The Morgan fingerprint density at radius 1 is 0.931 bits per heavy atom. The smallest absolute Gasteiger partial charge is 0.277 e. The summed E-state index contributed by atoms with van der Waals surface area (Å²) in [6.45, 7) is 2.46. The molecule has 0 aliphatic heterocycles. The summed E-state index contributed by atoms with van der Waals surface area (Å²) in [7, 11) is 0.